The number of thiazole rings is 1. The molecule has 0 unspecified atom stereocenters. The Labute approximate surface area is 184 Å². The summed E-state index contributed by atoms with van der Waals surface area (Å²) in [6.07, 6.45) is 1.41. The van der Waals surface area contributed by atoms with Gasteiger partial charge in [0.15, 0.2) is 5.13 Å². The van der Waals surface area contributed by atoms with Crippen LogP contribution in [0.2, 0.25) is 0 Å². The summed E-state index contributed by atoms with van der Waals surface area (Å²) in [4.78, 5) is 38.3. The number of amides is 1. The maximum Gasteiger partial charge on any atom is 0.256 e. The third-order valence-electron chi connectivity index (χ3n) is 5.02. The number of carbonyl (C=O) groups is 1. The van der Waals surface area contributed by atoms with Gasteiger partial charge in [-0.3, -0.25) is 19.1 Å². The lowest BCUT2D eigenvalue weighted by Crippen LogP contribution is -2.40. The van der Waals surface area contributed by atoms with Crippen LogP contribution in [0.4, 0.5) is 5.13 Å². The molecule has 3 rings (SSSR count). The number of aryl methyl sites for hydroxylation is 1. The zero-order chi connectivity index (χ0) is 22.7. The van der Waals surface area contributed by atoms with Crippen molar-refractivity contribution in [2.75, 3.05) is 46.3 Å². The molecule has 0 bridgehead atoms. The van der Waals surface area contributed by atoms with E-state index < -0.39 is 0 Å². The van der Waals surface area contributed by atoms with Gasteiger partial charge >= 0.3 is 0 Å². The lowest BCUT2D eigenvalue weighted by atomic mass is 10.3. The SMILES string of the molecule is COc1ccc(OC)c2sc(N(CCN(C)C)C(=O)Cn3cnc(C)c(C)c3=O)nc12. The zero-order valence-corrected chi connectivity index (χ0v) is 19.4. The number of carbonyl (C=O) groups excluding carboxylic acids is 1. The molecule has 0 aliphatic carbocycles. The normalized spacial score (nSPS) is 11.2. The van der Waals surface area contributed by atoms with Crippen molar-refractivity contribution in [1.29, 1.82) is 0 Å². The van der Waals surface area contributed by atoms with Crippen LogP contribution in [0.15, 0.2) is 23.3 Å². The van der Waals surface area contributed by atoms with Crippen molar-refractivity contribution in [3.05, 3.63) is 40.1 Å². The lowest BCUT2D eigenvalue weighted by Gasteiger charge is -2.22. The predicted octanol–water partition coefficient (Wildman–Crippen LogP) is 2.08. The largest absolute Gasteiger partial charge is 0.495 e. The fraction of sp³-hybridized carbons (Fsp3) is 0.429. The second-order valence-corrected chi connectivity index (χ2v) is 8.36. The van der Waals surface area contributed by atoms with Crippen LogP contribution in [-0.4, -0.2) is 66.7 Å². The molecule has 0 atom stereocenters. The molecule has 3 aromatic rings. The van der Waals surface area contributed by atoms with E-state index in [2.05, 4.69) is 9.97 Å². The second kappa shape index (κ2) is 9.44. The van der Waals surface area contributed by atoms with Crippen LogP contribution >= 0.6 is 11.3 Å². The first kappa shape index (κ1) is 22.7. The summed E-state index contributed by atoms with van der Waals surface area (Å²) in [5.74, 6) is 1.02. The van der Waals surface area contributed by atoms with Gasteiger partial charge in [0.25, 0.3) is 5.56 Å². The summed E-state index contributed by atoms with van der Waals surface area (Å²) in [7, 11) is 7.04. The third-order valence-corrected chi connectivity index (χ3v) is 6.12. The molecule has 2 aromatic heterocycles. The van der Waals surface area contributed by atoms with Crippen LogP contribution in [0.1, 0.15) is 11.3 Å². The van der Waals surface area contributed by atoms with Crippen molar-refractivity contribution >= 4 is 32.6 Å². The maximum absolute atomic E-state index is 13.3. The van der Waals surface area contributed by atoms with Gasteiger partial charge in [-0.05, 0) is 40.1 Å². The summed E-state index contributed by atoms with van der Waals surface area (Å²) in [6.45, 7) is 4.42. The average molecular weight is 446 g/mol. The minimum Gasteiger partial charge on any atom is -0.495 e. The Morgan fingerprint density at radius 3 is 2.45 bits per heavy atom. The molecule has 0 saturated carbocycles. The third kappa shape index (κ3) is 4.70. The molecular formula is C21H27N5O4S. The van der Waals surface area contributed by atoms with E-state index in [9.17, 15) is 9.59 Å². The Balaban J connectivity index is 2.02. The fourth-order valence-corrected chi connectivity index (χ4v) is 4.15. The molecule has 166 valence electrons. The predicted molar refractivity (Wildman–Crippen MR) is 122 cm³/mol. The van der Waals surface area contributed by atoms with Gasteiger partial charge in [0, 0.05) is 24.3 Å². The van der Waals surface area contributed by atoms with Crippen molar-refractivity contribution in [2.24, 2.45) is 0 Å². The summed E-state index contributed by atoms with van der Waals surface area (Å²) in [5, 5.41) is 0.523. The van der Waals surface area contributed by atoms with Gasteiger partial charge in [0.05, 0.1) is 20.5 Å². The van der Waals surface area contributed by atoms with E-state index in [1.807, 2.05) is 25.1 Å². The standard InChI is InChI=1S/C21H27N5O4S/c1-13-14(2)22-12-25(20(13)28)11-17(27)26(10-9-24(3)4)21-23-18-15(29-5)7-8-16(30-6)19(18)31-21/h7-8,12H,9-11H2,1-6H3. The highest BCUT2D eigenvalue weighted by atomic mass is 32.1. The average Bonchev–Trinajstić information content (AvgIpc) is 3.18. The molecule has 2 heterocycles. The van der Waals surface area contributed by atoms with Crippen LogP contribution in [0.3, 0.4) is 0 Å². The molecule has 9 nitrogen and oxygen atoms in total. The summed E-state index contributed by atoms with van der Waals surface area (Å²) < 4.78 is 13.0. The summed E-state index contributed by atoms with van der Waals surface area (Å²) >= 11 is 1.35. The number of anilines is 1. The number of benzene rings is 1. The number of hydrogen-bond acceptors (Lipinski definition) is 8. The topological polar surface area (TPSA) is 89.8 Å². The molecule has 0 saturated heterocycles. The number of aromatic nitrogens is 3. The summed E-state index contributed by atoms with van der Waals surface area (Å²) in [5.41, 5.74) is 1.60. The number of rotatable bonds is 8. The highest BCUT2D eigenvalue weighted by Gasteiger charge is 2.23. The van der Waals surface area contributed by atoms with Crippen LogP contribution in [0.5, 0.6) is 11.5 Å². The van der Waals surface area contributed by atoms with E-state index in [1.165, 1.54) is 22.2 Å². The second-order valence-electron chi connectivity index (χ2n) is 7.38. The van der Waals surface area contributed by atoms with Crippen molar-refractivity contribution in [1.82, 2.24) is 19.4 Å². The minimum absolute atomic E-state index is 0.120. The van der Waals surface area contributed by atoms with Crippen LogP contribution in [0, 0.1) is 13.8 Å². The van der Waals surface area contributed by atoms with Crippen LogP contribution in [-0.2, 0) is 11.3 Å². The molecule has 0 aliphatic heterocycles. The van der Waals surface area contributed by atoms with E-state index in [4.69, 9.17) is 9.47 Å². The summed E-state index contributed by atoms with van der Waals surface area (Å²) in [6, 6.07) is 3.60. The number of likely N-dealkylation sites (N-methyl/N-ethyl adjacent to an activating group) is 1. The molecule has 0 aliphatic rings. The van der Waals surface area contributed by atoms with Gasteiger partial charge < -0.3 is 14.4 Å². The fourth-order valence-electron chi connectivity index (χ4n) is 3.04. The van der Waals surface area contributed by atoms with Gasteiger partial charge in [-0.25, -0.2) is 9.97 Å². The van der Waals surface area contributed by atoms with E-state index in [0.29, 0.717) is 46.5 Å². The molecule has 1 aromatic carbocycles. The number of nitrogens with zero attached hydrogens (tertiary/aromatic N) is 5. The van der Waals surface area contributed by atoms with Crippen molar-refractivity contribution < 1.29 is 14.3 Å². The smallest absolute Gasteiger partial charge is 0.256 e. The molecule has 0 N–H and O–H groups in total. The quantitative estimate of drug-likeness (QED) is 0.524. The maximum atomic E-state index is 13.3. The van der Waals surface area contributed by atoms with Gasteiger partial charge in [-0.15, -0.1) is 0 Å². The number of fused-ring (bicyclic) bond motifs is 1. The Morgan fingerprint density at radius 2 is 1.81 bits per heavy atom. The van der Waals surface area contributed by atoms with Crippen molar-refractivity contribution in [3.63, 3.8) is 0 Å². The first-order chi connectivity index (χ1) is 14.8. The van der Waals surface area contributed by atoms with Crippen molar-refractivity contribution in [3.8, 4) is 11.5 Å². The monoisotopic (exact) mass is 445 g/mol. The van der Waals surface area contributed by atoms with E-state index in [-0.39, 0.29) is 18.0 Å². The van der Waals surface area contributed by atoms with Gasteiger partial charge in [-0.2, -0.15) is 0 Å². The molecular weight excluding hydrogens is 418 g/mol. The van der Waals surface area contributed by atoms with E-state index in [0.717, 1.165) is 4.70 Å². The van der Waals surface area contributed by atoms with E-state index >= 15 is 0 Å². The van der Waals surface area contributed by atoms with Crippen molar-refractivity contribution in [2.45, 2.75) is 20.4 Å². The lowest BCUT2D eigenvalue weighted by molar-refractivity contribution is -0.119. The van der Waals surface area contributed by atoms with Gasteiger partial charge in [-0.1, -0.05) is 11.3 Å². The number of methoxy groups -OCH3 is 2. The molecule has 1 amide bonds. The minimum atomic E-state index is -0.244. The Kier molecular flexibility index (Phi) is 6.91. The van der Waals surface area contributed by atoms with Crippen LogP contribution < -0.4 is 19.9 Å². The zero-order valence-electron chi connectivity index (χ0n) is 18.6. The van der Waals surface area contributed by atoms with Gasteiger partial charge in [0.2, 0.25) is 5.91 Å². The first-order valence-corrected chi connectivity index (χ1v) is 10.6. The number of ether oxygens (including phenoxy) is 2. The molecule has 0 fully saturated rings. The number of hydrogen-bond donors (Lipinski definition) is 0. The molecule has 10 heteroatoms. The Bertz CT molecular complexity index is 1110. The molecule has 0 spiro atoms. The first-order valence-electron chi connectivity index (χ1n) is 9.76. The Morgan fingerprint density at radius 1 is 1.13 bits per heavy atom. The van der Waals surface area contributed by atoms with E-state index in [1.54, 1.807) is 39.0 Å². The Hall–Kier alpha value is -2.98. The van der Waals surface area contributed by atoms with Crippen LogP contribution in [0.25, 0.3) is 10.2 Å². The highest BCUT2D eigenvalue weighted by Crippen LogP contribution is 2.40. The molecule has 0 radical (unpaired) electrons. The molecule has 31 heavy (non-hydrogen) atoms. The van der Waals surface area contributed by atoms with Gasteiger partial charge in [0.1, 0.15) is 28.3 Å². The highest BCUT2D eigenvalue weighted by molar-refractivity contribution is 7.22.